The van der Waals surface area contributed by atoms with Crippen LogP contribution in [0.5, 0.6) is 0 Å². The van der Waals surface area contributed by atoms with Crippen molar-refractivity contribution in [3.8, 4) is 0 Å². The molecule has 1 saturated heterocycles. The zero-order chi connectivity index (χ0) is 18.1. The fraction of sp³-hybridized carbons (Fsp3) is 0.600. The molecule has 136 valence electrons. The second kappa shape index (κ2) is 6.79. The summed E-state index contributed by atoms with van der Waals surface area (Å²) in [6, 6.07) is 5.46. The lowest BCUT2D eigenvalue weighted by Crippen LogP contribution is -2.60. The Balaban J connectivity index is 1.88. The second-order valence-electron chi connectivity index (χ2n) is 7.32. The van der Waals surface area contributed by atoms with Crippen LogP contribution >= 0.6 is 0 Å². The van der Waals surface area contributed by atoms with Gasteiger partial charge in [-0.05, 0) is 32.4 Å². The number of para-hydroxylation sites is 1. The van der Waals surface area contributed by atoms with Crippen molar-refractivity contribution >= 4 is 17.6 Å². The quantitative estimate of drug-likeness (QED) is 0.636. The van der Waals surface area contributed by atoms with E-state index in [0.717, 1.165) is 42.5 Å². The maximum atomic E-state index is 13.3. The Hall–Kier alpha value is -1.88. The molecule has 5 nitrogen and oxygen atoms in total. The number of likely N-dealkylation sites (N-methyl/N-ethyl adjacent to an activating group) is 1. The number of nitrogens with one attached hydrogen (secondary N) is 1. The summed E-state index contributed by atoms with van der Waals surface area (Å²) in [5, 5.41) is 3.10. The molecule has 1 N–H and O–H groups in total. The van der Waals surface area contributed by atoms with Crippen molar-refractivity contribution in [2.75, 3.05) is 31.6 Å². The minimum absolute atomic E-state index is 0.0658. The van der Waals surface area contributed by atoms with Crippen molar-refractivity contribution in [1.29, 1.82) is 0 Å². The van der Waals surface area contributed by atoms with Crippen LogP contribution in [0.15, 0.2) is 18.2 Å². The maximum Gasteiger partial charge on any atom is 0.340 e. The third kappa shape index (κ3) is 2.95. The van der Waals surface area contributed by atoms with Crippen LogP contribution in [-0.4, -0.2) is 48.1 Å². The molecule has 2 aliphatic rings. The Morgan fingerprint density at radius 3 is 2.44 bits per heavy atom. The highest BCUT2D eigenvalue weighted by atomic mass is 16.5. The van der Waals surface area contributed by atoms with Gasteiger partial charge < -0.3 is 14.5 Å². The van der Waals surface area contributed by atoms with Crippen molar-refractivity contribution in [2.24, 2.45) is 0 Å². The highest BCUT2D eigenvalue weighted by Gasteiger charge is 2.65. The first-order valence-electron chi connectivity index (χ1n) is 9.44. The molecular weight excluding hydrogens is 316 g/mol. The van der Waals surface area contributed by atoms with Gasteiger partial charge >= 0.3 is 5.97 Å². The Morgan fingerprint density at radius 2 is 1.88 bits per heavy atom. The van der Waals surface area contributed by atoms with Gasteiger partial charge in [0.25, 0.3) is 5.91 Å². The molecule has 1 saturated carbocycles. The molecule has 0 radical (unpaired) electrons. The number of esters is 1. The van der Waals surface area contributed by atoms with Gasteiger partial charge in [0.05, 0.1) is 37.5 Å². The summed E-state index contributed by atoms with van der Waals surface area (Å²) >= 11 is 0. The SMILES string of the molecule is CCOC(=O)c1cccc(C)c1NC(=O)C1([N+]2(CC)CCCC2)CC1. The Kier molecular flexibility index (Phi) is 4.87. The smallest absolute Gasteiger partial charge is 0.340 e. The second-order valence-corrected chi connectivity index (χ2v) is 7.32. The minimum Gasteiger partial charge on any atom is -0.462 e. The summed E-state index contributed by atoms with van der Waals surface area (Å²) in [5.41, 5.74) is 1.62. The molecule has 1 aliphatic carbocycles. The monoisotopic (exact) mass is 345 g/mol. The fourth-order valence-electron chi connectivity index (χ4n) is 4.47. The average molecular weight is 345 g/mol. The number of hydrogen-bond acceptors (Lipinski definition) is 3. The molecule has 5 heteroatoms. The Bertz CT molecular complexity index is 674. The molecule has 0 spiro atoms. The predicted octanol–water partition coefficient (Wildman–Crippen LogP) is 3.27. The number of anilines is 1. The number of likely N-dealkylation sites (tertiary alicyclic amines) is 1. The zero-order valence-electron chi connectivity index (χ0n) is 15.6. The van der Waals surface area contributed by atoms with E-state index in [2.05, 4.69) is 12.2 Å². The fourth-order valence-corrected chi connectivity index (χ4v) is 4.47. The summed E-state index contributed by atoms with van der Waals surface area (Å²) in [6.07, 6.45) is 4.27. The maximum absolute atomic E-state index is 13.3. The third-order valence-electron chi connectivity index (χ3n) is 6.09. The number of hydrogen-bond donors (Lipinski definition) is 1. The highest BCUT2D eigenvalue weighted by molar-refractivity contribution is 6.05. The lowest BCUT2D eigenvalue weighted by molar-refractivity contribution is -0.940. The van der Waals surface area contributed by atoms with Crippen molar-refractivity contribution in [3.63, 3.8) is 0 Å². The molecule has 1 heterocycles. The van der Waals surface area contributed by atoms with E-state index in [4.69, 9.17) is 4.74 Å². The number of nitrogens with zero attached hydrogens (tertiary/aromatic N) is 1. The van der Waals surface area contributed by atoms with Crippen molar-refractivity contribution in [3.05, 3.63) is 29.3 Å². The zero-order valence-corrected chi connectivity index (χ0v) is 15.6. The van der Waals surface area contributed by atoms with E-state index in [1.807, 2.05) is 19.1 Å². The van der Waals surface area contributed by atoms with Crippen LogP contribution in [-0.2, 0) is 9.53 Å². The Morgan fingerprint density at radius 1 is 1.20 bits per heavy atom. The number of carbonyl (C=O) groups excluding carboxylic acids is 2. The Labute approximate surface area is 149 Å². The summed E-state index contributed by atoms with van der Waals surface area (Å²) < 4.78 is 6.06. The molecule has 25 heavy (non-hydrogen) atoms. The molecule has 1 aromatic carbocycles. The highest BCUT2D eigenvalue weighted by Crippen LogP contribution is 2.50. The topological polar surface area (TPSA) is 55.4 Å². The summed E-state index contributed by atoms with van der Waals surface area (Å²) in [6.45, 7) is 9.37. The molecule has 1 aliphatic heterocycles. The number of benzene rings is 1. The van der Waals surface area contributed by atoms with Crippen LogP contribution in [0.2, 0.25) is 0 Å². The van der Waals surface area contributed by atoms with Crippen LogP contribution in [0.4, 0.5) is 5.69 Å². The van der Waals surface area contributed by atoms with E-state index in [1.54, 1.807) is 13.0 Å². The van der Waals surface area contributed by atoms with E-state index >= 15 is 0 Å². The van der Waals surface area contributed by atoms with Gasteiger partial charge in [-0.2, -0.15) is 0 Å². The average Bonchev–Trinajstić information content (AvgIpc) is 3.28. The first-order chi connectivity index (χ1) is 12.0. The van der Waals surface area contributed by atoms with Gasteiger partial charge in [-0.15, -0.1) is 0 Å². The number of ether oxygens (including phenoxy) is 1. The predicted molar refractivity (Wildman–Crippen MR) is 97.5 cm³/mol. The van der Waals surface area contributed by atoms with Crippen LogP contribution in [0.1, 0.15) is 55.5 Å². The molecule has 1 amide bonds. The molecule has 0 unspecified atom stereocenters. The van der Waals surface area contributed by atoms with Gasteiger partial charge in [-0.1, -0.05) is 12.1 Å². The summed E-state index contributed by atoms with van der Waals surface area (Å²) in [7, 11) is 0. The lowest BCUT2D eigenvalue weighted by Gasteiger charge is -2.40. The van der Waals surface area contributed by atoms with Gasteiger partial charge in [0.15, 0.2) is 5.54 Å². The normalized spacial score (nSPS) is 20.1. The molecule has 0 aromatic heterocycles. The van der Waals surface area contributed by atoms with Crippen molar-refractivity contribution in [2.45, 2.75) is 52.0 Å². The number of rotatable bonds is 6. The van der Waals surface area contributed by atoms with Gasteiger partial charge in [0, 0.05) is 25.7 Å². The third-order valence-corrected chi connectivity index (χ3v) is 6.09. The van der Waals surface area contributed by atoms with Crippen LogP contribution in [0.25, 0.3) is 0 Å². The lowest BCUT2D eigenvalue weighted by atomic mass is 10.1. The minimum atomic E-state index is -0.382. The van der Waals surface area contributed by atoms with Crippen LogP contribution < -0.4 is 5.32 Å². The number of carbonyl (C=O) groups is 2. The first kappa shape index (κ1) is 17.9. The van der Waals surface area contributed by atoms with E-state index in [-0.39, 0.29) is 17.4 Å². The van der Waals surface area contributed by atoms with Crippen molar-refractivity contribution < 1.29 is 18.8 Å². The first-order valence-corrected chi connectivity index (χ1v) is 9.44. The van der Waals surface area contributed by atoms with Gasteiger partial charge in [-0.3, -0.25) is 4.79 Å². The summed E-state index contributed by atoms with van der Waals surface area (Å²) in [4.78, 5) is 25.5. The molecule has 1 aromatic rings. The van der Waals surface area contributed by atoms with E-state index < -0.39 is 0 Å². The number of quaternary nitrogens is 1. The van der Waals surface area contributed by atoms with Gasteiger partial charge in [0.1, 0.15) is 0 Å². The van der Waals surface area contributed by atoms with Gasteiger partial charge in [0.2, 0.25) is 0 Å². The molecule has 0 bridgehead atoms. The van der Waals surface area contributed by atoms with E-state index in [1.165, 1.54) is 12.8 Å². The standard InChI is InChI=1S/C20H28N2O3/c1-4-22(13-6-7-14-22)20(11-12-20)19(24)21-17-15(3)9-8-10-16(17)18(23)25-5-2/h8-10H,4-7,11-14H2,1-3H3/p+1. The molecular formula is C20H29N2O3+. The van der Waals surface area contributed by atoms with E-state index in [0.29, 0.717) is 17.9 Å². The van der Waals surface area contributed by atoms with Crippen LogP contribution in [0.3, 0.4) is 0 Å². The van der Waals surface area contributed by atoms with Crippen molar-refractivity contribution in [1.82, 2.24) is 0 Å². The number of aryl methyl sites for hydroxylation is 1. The van der Waals surface area contributed by atoms with E-state index in [9.17, 15) is 9.59 Å². The van der Waals surface area contributed by atoms with Gasteiger partial charge in [-0.25, -0.2) is 4.79 Å². The number of amides is 1. The molecule has 0 atom stereocenters. The largest absolute Gasteiger partial charge is 0.462 e. The van der Waals surface area contributed by atoms with Crippen LogP contribution in [0, 0.1) is 6.92 Å². The molecule has 2 fully saturated rings. The molecule has 3 rings (SSSR count). The summed E-state index contributed by atoms with van der Waals surface area (Å²) in [5.74, 6) is -0.317.